The second kappa shape index (κ2) is 2.79. The molecule has 2 N–H and O–H groups in total. The topological polar surface area (TPSA) is 51.3 Å². The summed E-state index contributed by atoms with van der Waals surface area (Å²) in [6, 6.07) is 0. The maximum atomic E-state index is 5.07. The summed E-state index contributed by atoms with van der Waals surface area (Å²) in [6.45, 7) is 3.79. The highest BCUT2D eigenvalue weighted by molar-refractivity contribution is 7.11. The number of hydrazone groups is 1. The van der Waals surface area contributed by atoms with Gasteiger partial charge in [0, 0.05) is 11.1 Å². The molecule has 0 radical (unpaired) electrons. The van der Waals surface area contributed by atoms with Gasteiger partial charge in [-0.3, -0.25) is 0 Å². The Morgan fingerprint density at radius 2 is 2.50 bits per heavy atom. The molecule has 0 aliphatic rings. The number of nitrogens with zero attached hydrogens (tertiary/aromatic N) is 2. The Kier molecular flexibility index (Phi) is 2.01. The third-order valence-electron chi connectivity index (χ3n) is 1.12. The van der Waals surface area contributed by atoms with E-state index in [1.165, 1.54) is 0 Å². The van der Waals surface area contributed by atoms with E-state index in [-0.39, 0.29) is 0 Å². The van der Waals surface area contributed by atoms with Crippen LogP contribution in [0.15, 0.2) is 10.5 Å². The summed E-state index contributed by atoms with van der Waals surface area (Å²) in [6.07, 6.45) is 0. The first-order valence-electron chi connectivity index (χ1n) is 2.91. The van der Waals surface area contributed by atoms with Gasteiger partial charge >= 0.3 is 0 Å². The van der Waals surface area contributed by atoms with Crippen molar-refractivity contribution in [3.8, 4) is 0 Å². The van der Waals surface area contributed by atoms with Crippen molar-refractivity contribution < 1.29 is 0 Å². The first-order chi connectivity index (χ1) is 4.74. The number of hydrogen-bond acceptors (Lipinski definition) is 4. The highest BCUT2D eigenvalue weighted by Crippen LogP contribution is 2.08. The van der Waals surface area contributed by atoms with Gasteiger partial charge in [0.05, 0.1) is 5.71 Å². The van der Waals surface area contributed by atoms with Gasteiger partial charge in [0.1, 0.15) is 5.01 Å². The van der Waals surface area contributed by atoms with Crippen molar-refractivity contribution in [2.24, 2.45) is 10.9 Å². The van der Waals surface area contributed by atoms with Gasteiger partial charge in [-0.1, -0.05) is 0 Å². The average molecular weight is 155 g/mol. The lowest BCUT2D eigenvalue weighted by Gasteiger charge is -1.87. The molecule has 0 bridgehead atoms. The Morgan fingerprint density at radius 1 is 1.80 bits per heavy atom. The summed E-state index contributed by atoms with van der Waals surface area (Å²) in [5, 5.41) is 6.42. The molecule has 4 heteroatoms. The molecule has 54 valence electrons. The number of aryl methyl sites for hydroxylation is 1. The molecular weight excluding hydrogens is 146 g/mol. The number of rotatable bonds is 1. The summed E-state index contributed by atoms with van der Waals surface area (Å²) >= 11 is 1.56. The molecule has 0 saturated heterocycles. The van der Waals surface area contributed by atoms with Gasteiger partial charge in [0.25, 0.3) is 0 Å². The van der Waals surface area contributed by atoms with Crippen molar-refractivity contribution in [1.29, 1.82) is 0 Å². The van der Waals surface area contributed by atoms with E-state index in [0.717, 1.165) is 16.4 Å². The van der Waals surface area contributed by atoms with Gasteiger partial charge in [0.2, 0.25) is 0 Å². The number of aromatic nitrogens is 1. The molecule has 0 atom stereocenters. The van der Waals surface area contributed by atoms with Crippen LogP contribution in [0, 0.1) is 6.92 Å². The average Bonchev–Trinajstić information content (AvgIpc) is 2.34. The van der Waals surface area contributed by atoms with Crippen molar-refractivity contribution in [2.45, 2.75) is 13.8 Å². The van der Waals surface area contributed by atoms with Crippen LogP contribution >= 0.6 is 11.3 Å². The van der Waals surface area contributed by atoms with Gasteiger partial charge in [0.15, 0.2) is 0 Å². The second-order valence-corrected chi connectivity index (χ2v) is 2.87. The van der Waals surface area contributed by atoms with E-state index < -0.39 is 0 Å². The van der Waals surface area contributed by atoms with E-state index in [0.29, 0.717) is 0 Å². The van der Waals surface area contributed by atoms with Crippen LogP contribution in [0.1, 0.15) is 17.6 Å². The third-order valence-corrected chi connectivity index (χ3v) is 2.19. The molecule has 0 aromatic carbocycles. The molecule has 0 fully saturated rings. The largest absolute Gasteiger partial charge is 0.323 e. The fraction of sp³-hybridized carbons (Fsp3) is 0.333. The zero-order chi connectivity index (χ0) is 7.56. The molecule has 0 spiro atoms. The van der Waals surface area contributed by atoms with Crippen LogP contribution in [-0.2, 0) is 0 Å². The maximum Gasteiger partial charge on any atom is 0.139 e. The lowest BCUT2D eigenvalue weighted by Crippen LogP contribution is -1.97. The fourth-order valence-electron chi connectivity index (χ4n) is 0.575. The molecule has 0 unspecified atom stereocenters. The Labute approximate surface area is 63.6 Å². The predicted molar refractivity (Wildman–Crippen MR) is 43.2 cm³/mol. The van der Waals surface area contributed by atoms with Crippen molar-refractivity contribution >= 4 is 17.0 Å². The Balaban J connectivity index is 2.95. The second-order valence-electron chi connectivity index (χ2n) is 2.01. The van der Waals surface area contributed by atoms with Crippen LogP contribution < -0.4 is 5.84 Å². The van der Waals surface area contributed by atoms with Crippen LogP contribution in [0.2, 0.25) is 0 Å². The molecule has 3 nitrogen and oxygen atoms in total. The summed E-state index contributed by atoms with van der Waals surface area (Å²) in [5.74, 6) is 5.07. The molecular formula is C6H9N3S. The van der Waals surface area contributed by atoms with Crippen LogP contribution in [0.25, 0.3) is 0 Å². The summed E-state index contributed by atoms with van der Waals surface area (Å²) in [5.41, 5.74) is 1.81. The highest BCUT2D eigenvalue weighted by Gasteiger charge is 2.00. The minimum Gasteiger partial charge on any atom is -0.323 e. The van der Waals surface area contributed by atoms with Crippen molar-refractivity contribution in [2.75, 3.05) is 0 Å². The summed E-state index contributed by atoms with van der Waals surface area (Å²) in [7, 11) is 0. The molecule has 1 rings (SSSR count). The predicted octanol–water partition coefficient (Wildman–Crippen LogP) is 1.13. The van der Waals surface area contributed by atoms with Crippen LogP contribution in [-0.4, -0.2) is 10.7 Å². The van der Waals surface area contributed by atoms with E-state index >= 15 is 0 Å². The quantitative estimate of drug-likeness (QED) is 0.375. The Hall–Kier alpha value is -0.900. The SMILES string of the molecule is C/C(=N/N)c1nc(C)cs1. The lowest BCUT2D eigenvalue weighted by atomic mass is 10.4. The third kappa shape index (κ3) is 1.33. The van der Waals surface area contributed by atoms with E-state index in [4.69, 9.17) is 5.84 Å². The first kappa shape index (κ1) is 7.21. The zero-order valence-corrected chi connectivity index (χ0v) is 6.77. The van der Waals surface area contributed by atoms with Crippen molar-refractivity contribution in [3.63, 3.8) is 0 Å². The van der Waals surface area contributed by atoms with E-state index in [1.54, 1.807) is 11.3 Å². The molecule has 0 aliphatic carbocycles. The zero-order valence-electron chi connectivity index (χ0n) is 5.96. The van der Waals surface area contributed by atoms with Gasteiger partial charge < -0.3 is 5.84 Å². The summed E-state index contributed by atoms with van der Waals surface area (Å²) < 4.78 is 0. The maximum absolute atomic E-state index is 5.07. The van der Waals surface area contributed by atoms with Crippen LogP contribution in [0.3, 0.4) is 0 Å². The van der Waals surface area contributed by atoms with Gasteiger partial charge in [-0.2, -0.15) is 5.10 Å². The van der Waals surface area contributed by atoms with Crippen molar-refractivity contribution in [3.05, 3.63) is 16.1 Å². The smallest absolute Gasteiger partial charge is 0.139 e. The standard InChI is InChI=1S/C6H9N3S/c1-4-3-10-6(8-4)5(2)9-7/h3H,7H2,1-2H3/b9-5-. The van der Waals surface area contributed by atoms with E-state index in [1.807, 2.05) is 19.2 Å². The Morgan fingerprint density at radius 3 is 2.90 bits per heavy atom. The van der Waals surface area contributed by atoms with Crippen LogP contribution in [0.4, 0.5) is 0 Å². The van der Waals surface area contributed by atoms with E-state index in [2.05, 4.69) is 10.1 Å². The van der Waals surface area contributed by atoms with Gasteiger partial charge in [-0.15, -0.1) is 11.3 Å². The molecule has 0 saturated carbocycles. The van der Waals surface area contributed by atoms with E-state index in [9.17, 15) is 0 Å². The molecule has 0 amide bonds. The first-order valence-corrected chi connectivity index (χ1v) is 3.79. The molecule has 1 aromatic heterocycles. The molecule has 1 heterocycles. The molecule has 10 heavy (non-hydrogen) atoms. The fourth-order valence-corrected chi connectivity index (χ4v) is 1.33. The lowest BCUT2D eigenvalue weighted by molar-refractivity contribution is 1.20. The van der Waals surface area contributed by atoms with Gasteiger partial charge in [-0.05, 0) is 13.8 Å². The number of hydrogen-bond donors (Lipinski definition) is 1. The minimum absolute atomic E-state index is 0.790. The Bertz CT molecular complexity index is 251. The molecule has 1 aromatic rings. The highest BCUT2D eigenvalue weighted by atomic mass is 32.1. The summed E-state index contributed by atoms with van der Waals surface area (Å²) in [4.78, 5) is 4.19. The van der Waals surface area contributed by atoms with Crippen molar-refractivity contribution in [1.82, 2.24) is 4.98 Å². The van der Waals surface area contributed by atoms with Crippen LogP contribution in [0.5, 0.6) is 0 Å². The number of nitrogens with two attached hydrogens (primary N) is 1. The normalized spacial score (nSPS) is 12.0. The molecule has 0 aliphatic heterocycles. The minimum atomic E-state index is 0.790. The number of thiazole rings is 1. The van der Waals surface area contributed by atoms with Gasteiger partial charge in [-0.25, -0.2) is 4.98 Å². The monoisotopic (exact) mass is 155 g/mol.